The van der Waals surface area contributed by atoms with Crippen LogP contribution in [0.2, 0.25) is 0 Å². The number of methoxy groups -OCH3 is 1. The third-order valence-electron chi connectivity index (χ3n) is 2.57. The summed E-state index contributed by atoms with van der Waals surface area (Å²) < 4.78 is 5.15. The standard InChI is InChI=1S/C14H18N4O/c1-3-6-16-13-9-12(10-19-2)17-14(18-13)11-4-7-15-8-5-11/h4-5,7-9H,3,6,10H2,1-2H3,(H,16,17,18). The van der Waals surface area contributed by atoms with Crippen molar-refractivity contribution in [2.45, 2.75) is 20.0 Å². The molecule has 0 spiro atoms. The zero-order valence-electron chi connectivity index (χ0n) is 11.3. The molecule has 1 N–H and O–H groups in total. The third kappa shape index (κ3) is 3.72. The average Bonchev–Trinajstić information content (AvgIpc) is 2.46. The summed E-state index contributed by atoms with van der Waals surface area (Å²) in [5.74, 6) is 1.52. The minimum atomic E-state index is 0.474. The first-order chi connectivity index (χ1) is 9.33. The van der Waals surface area contributed by atoms with E-state index in [0.717, 1.165) is 30.0 Å². The lowest BCUT2D eigenvalue weighted by atomic mass is 10.2. The van der Waals surface area contributed by atoms with Crippen LogP contribution in [0.3, 0.4) is 0 Å². The van der Waals surface area contributed by atoms with Gasteiger partial charge in [0.1, 0.15) is 5.82 Å². The zero-order chi connectivity index (χ0) is 13.5. The lowest BCUT2D eigenvalue weighted by Crippen LogP contribution is -2.06. The quantitative estimate of drug-likeness (QED) is 0.862. The van der Waals surface area contributed by atoms with Crippen LogP contribution in [-0.2, 0) is 11.3 Å². The third-order valence-corrected chi connectivity index (χ3v) is 2.57. The predicted octanol–water partition coefficient (Wildman–Crippen LogP) is 2.51. The molecule has 0 saturated carbocycles. The Bertz CT molecular complexity index is 516. The number of hydrogen-bond acceptors (Lipinski definition) is 5. The summed E-state index contributed by atoms with van der Waals surface area (Å²) in [6.07, 6.45) is 4.52. The van der Waals surface area contributed by atoms with E-state index in [1.165, 1.54) is 0 Å². The van der Waals surface area contributed by atoms with Gasteiger partial charge in [-0.25, -0.2) is 9.97 Å². The van der Waals surface area contributed by atoms with Crippen molar-refractivity contribution in [1.82, 2.24) is 15.0 Å². The Labute approximate surface area is 113 Å². The molecule has 2 heterocycles. The van der Waals surface area contributed by atoms with E-state index in [0.29, 0.717) is 12.4 Å². The van der Waals surface area contributed by atoms with Gasteiger partial charge in [0.15, 0.2) is 5.82 Å². The van der Waals surface area contributed by atoms with Gasteiger partial charge in [0, 0.05) is 37.7 Å². The Morgan fingerprint density at radius 3 is 2.68 bits per heavy atom. The Balaban J connectivity index is 2.33. The smallest absolute Gasteiger partial charge is 0.161 e. The number of rotatable bonds is 6. The van der Waals surface area contributed by atoms with Crippen LogP contribution in [0, 0.1) is 0 Å². The maximum absolute atomic E-state index is 5.15. The predicted molar refractivity (Wildman–Crippen MR) is 74.8 cm³/mol. The molecule has 5 heteroatoms. The summed E-state index contributed by atoms with van der Waals surface area (Å²) in [6, 6.07) is 5.72. The van der Waals surface area contributed by atoms with Crippen LogP contribution >= 0.6 is 0 Å². The van der Waals surface area contributed by atoms with Gasteiger partial charge in [-0.15, -0.1) is 0 Å². The van der Waals surface area contributed by atoms with E-state index in [9.17, 15) is 0 Å². The summed E-state index contributed by atoms with van der Waals surface area (Å²) in [5.41, 5.74) is 1.82. The number of nitrogens with one attached hydrogen (secondary N) is 1. The van der Waals surface area contributed by atoms with Gasteiger partial charge in [0.25, 0.3) is 0 Å². The van der Waals surface area contributed by atoms with Crippen molar-refractivity contribution in [1.29, 1.82) is 0 Å². The molecule has 2 aromatic rings. The first-order valence-electron chi connectivity index (χ1n) is 6.34. The fourth-order valence-corrected chi connectivity index (χ4v) is 1.69. The maximum atomic E-state index is 5.15. The molecule has 0 amide bonds. The summed E-state index contributed by atoms with van der Waals surface area (Å²) in [4.78, 5) is 13.0. The van der Waals surface area contributed by atoms with Crippen LogP contribution in [0.25, 0.3) is 11.4 Å². The second kappa shape index (κ2) is 6.80. The first kappa shape index (κ1) is 13.4. The van der Waals surface area contributed by atoms with Crippen LogP contribution in [0.1, 0.15) is 19.0 Å². The first-order valence-corrected chi connectivity index (χ1v) is 6.34. The summed E-state index contributed by atoms with van der Waals surface area (Å²) in [6.45, 7) is 3.48. The SMILES string of the molecule is CCCNc1cc(COC)nc(-c2ccncc2)n1. The number of hydrogen-bond donors (Lipinski definition) is 1. The average molecular weight is 258 g/mol. The number of nitrogens with zero attached hydrogens (tertiary/aromatic N) is 3. The van der Waals surface area contributed by atoms with Crippen molar-refractivity contribution in [2.24, 2.45) is 0 Å². The van der Waals surface area contributed by atoms with Crippen molar-refractivity contribution in [3.63, 3.8) is 0 Å². The Kier molecular flexibility index (Phi) is 4.80. The van der Waals surface area contributed by atoms with Crippen LogP contribution in [0.4, 0.5) is 5.82 Å². The van der Waals surface area contributed by atoms with Gasteiger partial charge in [-0.2, -0.15) is 0 Å². The molecule has 2 aromatic heterocycles. The van der Waals surface area contributed by atoms with Gasteiger partial charge in [-0.3, -0.25) is 4.98 Å². The lowest BCUT2D eigenvalue weighted by molar-refractivity contribution is 0.181. The van der Waals surface area contributed by atoms with E-state index in [-0.39, 0.29) is 0 Å². The van der Waals surface area contributed by atoms with Crippen molar-refractivity contribution in [2.75, 3.05) is 19.0 Å². The van der Waals surface area contributed by atoms with Gasteiger partial charge < -0.3 is 10.1 Å². The molecule has 0 fully saturated rings. The van der Waals surface area contributed by atoms with Gasteiger partial charge in [-0.05, 0) is 18.6 Å². The molecule has 0 unspecified atom stereocenters. The maximum Gasteiger partial charge on any atom is 0.161 e. The van der Waals surface area contributed by atoms with Crippen LogP contribution in [0.15, 0.2) is 30.6 Å². The van der Waals surface area contributed by atoms with E-state index in [2.05, 4.69) is 27.2 Å². The molecular weight excluding hydrogens is 240 g/mol. The molecule has 5 nitrogen and oxygen atoms in total. The van der Waals surface area contributed by atoms with Gasteiger partial charge in [0.05, 0.1) is 12.3 Å². The van der Waals surface area contributed by atoms with E-state index in [1.807, 2.05) is 18.2 Å². The largest absolute Gasteiger partial charge is 0.378 e. The zero-order valence-corrected chi connectivity index (χ0v) is 11.3. The molecule has 0 radical (unpaired) electrons. The minimum Gasteiger partial charge on any atom is -0.378 e. The highest BCUT2D eigenvalue weighted by molar-refractivity contribution is 5.56. The molecule has 19 heavy (non-hydrogen) atoms. The molecule has 0 aliphatic carbocycles. The van der Waals surface area contributed by atoms with E-state index >= 15 is 0 Å². The summed E-state index contributed by atoms with van der Waals surface area (Å²) in [7, 11) is 1.66. The fraction of sp³-hybridized carbons (Fsp3) is 0.357. The second-order valence-electron chi connectivity index (χ2n) is 4.16. The fourth-order valence-electron chi connectivity index (χ4n) is 1.69. The summed E-state index contributed by atoms with van der Waals surface area (Å²) >= 11 is 0. The van der Waals surface area contributed by atoms with Gasteiger partial charge >= 0.3 is 0 Å². The van der Waals surface area contributed by atoms with Gasteiger partial charge in [0.2, 0.25) is 0 Å². The minimum absolute atomic E-state index is 0.474. The van der Waals surface area contributed by atoms with E-state index in [1.54, 1.807) is 19.5 Å². The monoisotopic (exact) mass is 258 g/mol. The van der Waals surface area contributed by atoms with E-state index in [4.69, 9.17) is 4.74 Å². The highest BCUT2D eigenvalue weighted by Crippen LogP contribution is 2.17. The molecule has 2 rings (SSSR count). The molecule has 0 aromatic carbocycles. The van der Waals surface area contributed by atoms with E-state index < -0.39 is 0 Å². The molecule has 0 aliphatic rings. The topological polar surface area (TPSA) is 59.9 Å². The molecule has 0 bridgehead atoms. The summed E-state index contributed by atoms with van der Waals surface area (Å²) in [5, 5.41) is 3.28. The molecule has 0 saturated heterocycles. The molecule has 0 aliphatic heterocycles. The lowest BCUT2D eigenvalue weighted by Gasteiger charge is -2.09. The van der Waals surface area contributed by atoms with Crippen molar-refractivity contribution in [3.05, 3.63) is 36.3 Å². The van der Waals surface area contributed by atoms with Crippen molar-refractivity contribution >= 4 is 5.82 Å². The van der Waals surface area contributed by atoms with Crippen molar-refractivity contribution in [3.8, 4) is 11.4 Å². The Morgan fingerprint density at radius 2 is 2.00 bits per heavy atom. The van der Waals surface area contributed by atoms with Crippen LogP contribution in [-0.4, -0.2) is 28.6 Å². The number of aromatic nitrogens is 3. The molecule has 0 atom stereocenters. The Morgan fingerprint density at radius 1 is 1.21 bits per heavy atom. The van der Waals surface area contributed by atoms with Gasteiger partial charge in [-0.1, -0.05) is 6.92 Å². The van der Waals surface area contributed by atoms with Crippen LogP contribution < -0.4 is 5.32 Å². The molecular formula is C14H18N4O. The van der Waals surface area contributed by atoms with Crippen molar-refractivity contribution < 1.29 is 4.74 Å². The number of pyridine rings is 1. The van der Waals surface area contributed by atoms with Crippen LogP contribution in [0.5, 0.6) is 0 Å². The highest BCUT2D eigenvalue weighted by Gasteiger charge is 2.06. The Hall–Kier alpha value is -2.01. The molecule has 100 valence electrons. The highest BCUT2D eigenvalue weighted by atomic mass is 16.5. The normalized spacial score (nSPS) is 10.4. The second-order valence-corrected chi connectivity index (χ2v) is 4.16. The number of ether oxygens (including phenoxy) is 1. The number of anilines is 1.